The van der Waals surface area contributed by atoms with Crippen LogP contribution in [0, 0.1) is 5.82 Å². The minimum absolute atomic E-state index is 0.248. The number of hydrogen-bond donors (Lipinski definition) is 1. The third-order valence-corrected chi connectivity index (χ3v) is 2.94. The van der Waals surface area contributed by atoms with Gasteiger partial charge in [0.15, 0.2) is 0 Å². The zero-order valence-electron chi connectivity index (χ0n) is 11.0. The summed E-state index contributed by atoms with van der Waals surface area (Å²) in [4.78, 5) is 6.19. The monoisotopic (exact) mass is 260 g/mol. The molecule has 0 fully saturated rings. The third-order valence-electron chi connectivity index (χ3n) is 2.94. The van der Waals surface area contributed by atoms with Gasteiger partial charge in [-0.15, -0.1) is 0 Å². The molecule has 0 saturated carbocycles. The second-order valence-electron chi connectivity index (χ2n) is 4.58. The lowest BCUT2D eigenvalue weighted by atomic mass is 10.1. The maximum atomic E-state index is 13.2. The topological polar surface area (TPSA) is 36.4 Å². The fourth-order valence-corrected chi connectivity index (χ4v) is 2.04. The molecule has 1 aromatic carbocycles. The molecule has 0 aliphatic rings. The van der Waals surface area contributed by atoms with E-state index in [0.29, 0.717) is 12.4 Å². The first-order chi connectivity index (χ1) is 9.08. The highest BCUT2D eigenvalue weighted by atomic mass is 19.1. The van der Waals surface area contributed by atoms with Gasteiger partial charge in [-0.3, -0.25) is 0 Å². The fourth-order valence-electron chi connectivity index (χ4n) is 2.04. The van der Waals surface area contributed by atoms with Crippen molar-refractivity contribution in [3.05, 3.63) is 59.5 Å². The summed E-state index contributed by atoms with van der Waals surface area (Å²) in [7, 11) is 1.87. The fraction of sp³-hybridized carbons (Fsp3) is 0.267. The van der Waals surface area contributed by atoms with Crippen LogP contribution >= 0.6 is 0 Å². The largest absolute Gasteiger partial charge is 0.389 e. The molecular weight excluding hydrogens is 243 g/mol. The lowest BCUT2D eigenvalue weighted by Crippen LogP contribution is -2.20. The van der Waals surface area contributed by atoms with Gasteiger partial charge in [0.25, 0.3) is 0 Å². The molecule has 1 unspecified atom stereocenters. The molecule has 0 aliphatic carbocycles. The van der Waals surface area contributed by atoms with Crippen molar-refractivity contribution in [2.75, 3.05) is 11.9 Å². The Morgan fingerprint density at radius 1 is 1.32 bits per heavy atom. The molecule has 19 heavy (non-hydrogen) atoms. The number of nitrogens with zero attached hydrogens (tertiary/aromatic N) is 2. The molecule has 0 radical (unpaired) electrons. The van der Waals surface area contributed by atoms with E-state index in [1.807, 2.05) is 24.1 Å². The van der Waals surface area contributed by atoms with Gasteiger partial charge in [-0.2, -0.15) is 0 Å². The van der Waals surface area contributed by atoms with Gasteiger partial charge in [-0.1, -0.05) is 18.2 Å². The van der Waals surface area contributed by atoms with E-state index in [0.717, 1.165) is 11.1 Å². The molecule has 0 aliphatic heterocycles. The van der Waals surface area contributed by atoms with Crippen molar-refractivity contribution < 1.29 is 9.50 Å². The van der Waals surface area contributed by atoms with Crippen LogP contribution in [0.4, 0.5) is 10.2 Å². The van der Waals surface area contributed by atoms with Crippen molar-refractivity contribution >= 4 is 5.82 Å². The van der Waals surface area contributed by atoms with Gasteiger partial charge in [0, 0.05) is 25.4 Å². The summed E-state index contributed by atoms with van der Waals surface area (Å²) in [5.41, 5.74) is 1.63. The smallest absolute Gasteiger partial charge is 0.134 e. The Balaban J connectivity index is 2.23. The Morgan fingerprint density at radius 2 is 2.11 bits per heavy atom. The summed E-state index contributed by atoms with van der Waals surface area (Å²) in [5.74, 6) is 0.462. The number of aromatic nitrogens is 1. The van der Waals surface area contributed by atoms with Crippen molar-refractivity contribution in [2.24, 2.45) is 0 Å². The zero-order valence-corrected chi connectivity index (χ0v) is 11.0. The van der Waals surface area contributed by atoms with Crippen molar-refractivity contribution in [3.8, 4) is 0 Å². The second kappa shape index (κ2) is 5.80. The molecule has 1 aromatic heterocycles. The van der Waals surface area contributed by atoms with Crippen LogP contribution in [0.15, 0.2) is 42.6 Å². The lowest BCUT2D eigenvalue weighted by Gasteiger charge is -2.22. The quantitative estimate of drug-likeness (QED) is 0.918. The minimum Gasteiger partial charge on any atom is -0.389 e. The predicted octanol–water partition coefficient (Wildman–Crippen LogP) is 2.91. The molecule has 0 amide bonds. The van der Waals surface area contributed by atoms with E-state index in [9.17, 15) is 9.50 Å². The van der Waals surface area contributed by atoms with Gasteiger partial charge >= 0.3 is 0 Å². The van der Waals surface area contributed by atoms with Gasteiger partial charge in [-0.25, -0.2) is 9.37 Å². The summed E-state index contributed by atoms with van der Waals surface area (Å²) in [6.07, 6.45) is 1.10. The SMILES string of the molecule is CC(O)c1cccnc1N(C)Cc1cccc(F)c1. The molecule has 0 saturated heterocycles. The third kappa shape index (κ3) is 3.29. The molecule has 0 spiro atoms. The lowest BCUT2D eigenvalue weighted by molar-refractivity contribution is 0.199. The average Bonchev–Trinajstić information content (AvgIpc) is 2.38. The maximum Gasteiger partial charge on any atom is 0.134 e. The highest BCUT2D eigenvalue weighted by molar-refractivity contribution is 5.47. The summed E-state index contributed by atoms with van der Waals surface area (Å²) >= 11 is 0. The first-order valence-corrected chi connectivity index (χ1v) is 6.16. The van der Waals surface area contributed by atoms with E-state index in [-0.39, 0.29) is 5.82 Å². The van der Waals surface area contributed by atoms with Gasteiger partial charge in [0.1, 0.15) is 11.6 Å². The summed E-state index contributed by atoms with van der Waals surface area (Å²) < 4.78 is 13.2. The first-order valence-electron chi connectivity index (χ1n) is 6.16. The van der Waals surface area contributed by atoms with Crippen LogP contribution in [-0.2, 0) is 6.54 Å². The van der Waals surface area contributed by atoms with E-state index in [4.69, 9.17) is 0 Å². The highest BCUT2D eigenvalue weighted by Crippen LogP contribution is 2.23. The Hall–Kier alpha value is -1.94. The molecule has 1 N–H and O–H groups in total. The van der Waals surface area contributed by atoms with Crippen molar-refractivity contribution in [2.45, 2.75) is 19.6 Å². The van der Waals surface area contributed by atoms with Crippen LogP contribution in [0.2, 0.25) is 0 Å². The molecule has 4 heteroatoms. The Labute approximate surface area is 112 Å². The predicted molar refractivity (Wildman–Crippen MR) is 73.4 cm³/mol. The summed E-state index contributed by atoms with van der Waals surface area (Å²) in [6.45, 7) is 2.24. The van der Waals surface area contributed by atoms with E-state index >= 15 is 0 Å². The number of benzene rings is 1. The highest BCUT2D eigenvalue weighted by Gasteiger charge is 2.12. The second-order valence-corrected chi connectivity index (χ2v) is 4.58. The van der Waals surface area contributed by atoms with Gasteiger partial charge < -0.3 is 10.0 Å². The van der Waals surface area contributed by atoms with E-state index in [1.54, 1.807) is 25.3 Å². The molecular formula is C15H17FN2O. The molecule has 0 bridgehead atoms. The van der Waals surface area contributed by atoms with Crippen molar-refractivity contribution in [3.63, 3.8) is 0 Å². The van der Waals surface area contributed by atoms with Crippen LogP contribution in [0.25, 0.3) is 0 Å². The van der Waals surface area contributed by atoms with Crippen LogP contribution in [0.1, 0.15) is 24.2 Å². The molecule has 2 aromatic rings. The van der Waals surface area contributed by atoms with Gasteiger partial charge in [0.2, 0.25) is 0 Å². The number of hydrogen-bond acceptors (Lipinski definition) is 3. The molecule has 1 heterocycles. The number of anilines is 1. The Bertz CT molecular complexity index is 557. The first kappa shape index (κ1) is 13.5. The molecule has 1 atom stereocenters. The van der Waals surface area contributed by atoms with E-state index in [2.05, 4.69) is 4.98 Å². The van der Waals surface area contributed by atoms with E-state index < -0.39 is 6.10 Å². The number of aliphatic hydroxyl groups is 1. The molecule has 100 valence electrons. The minimum atomic E-state index is -0.585. The Kier molecular flexibility index (Phi) is 4.12. The van der Waals surface area contributed by atoms with Crippen LogP contribution in [0.5, 0.6) is 0 Å². The molecule has 2 rings (SSSR count). The number of rotatable bonds is 4. The Morgan fingerprint density at radius 3 is 2.79 bits per heavy atom. The average molecular weight is 260 g/mol. The number of aliphatic hydroxyl groups excluding tert-OH is 1. The van der Waals surface area contributed by atoms with Crippen LogP contribution < -0.4 is 4.90 Å². The zero-order chi connectivity index (χ0) is 13.8. The van der Waals surface area contributed by atoms with E-state index in [1.165, 1.54) is 12.1 Å². The normalized spacial score (nSPS) is 12.2. The number of halogens is 1. The van der Waals surface area contributed by atoms with Gasteiger partial charge in [0.05, 0.1) is 6.10 Å². The van der Waals surface area contributed by atoms with Crippen LogP contribution in [-0.4, -0.2) is 17.1 Å². The summed E-state index contributed by atoms with van der Waals surface area (Å²) in [5, 5.41) is 9.74. The van der Waals surface area contributed by atoms with Crippen molar-refractivity contribution in [1.82, 2.24) is 4.98 Å². The maximum absolute atomic E-state index is 13.2. The van der Waals surface area contributed by atoms with Crippen LogP contribution in [0.3, 0.4) is 0 Å². The molecule has 3 nitrogen and oxygen atoms in total. The van der Waals surface area contributed by atoms with Crippen molar-refractivity contribution in [1.29, 1.82) is 0 Å². The standard InChI is InChI=1S/C15H17FN2O/c1-11(19)14-7-4-8-17-15(14)18(2)10-12-5-3-6-13(16)9-12/h3-9,11,19H,10H2,1-2H3. The summed E-state index contributed by atoms with van der Waals surface area (Å²) in [6, 6.07) is 10.1. The van der Waals surface area contributed by atoms with Gasteiger partial charge in [-0.05, 0) is 30.7 Å². The number of pyridine rings is 1.